The molecule has 14 heavy (non-hydrogen) atoms. The molecule has 0 fully saturated rings. The van der Waals surface area contributed by atoms with Crippen molar-refractivity contribution in [2.45, 2.75) is 6.92 Å². The Labute approximate surface area is 80.4 Å². The molecule has 0 aliphatic heterocycles. The monoisotopic (exact) mass is 185 g/mol. The zero-order valence-corrected chi connectivity index (χ0v) is 7.57. The molecule has 1 aromatic carbocycles. The minimum Gasteiger partial charge on any atom is -0.423 e. The van der Waals surface area contributed by atoms with Crippen LogP contribution in [0.2, 0.25) is 0 Å². The van der Waals surface area contributed by atoms with Crippen molar-refractivity contribution in [2.75, 3.05) is 0 Å². The summed E-state index contributed by atoms with van der Waals surface area (Å²) in [5, 5.41) is 0.818. The molecular weight excluding hydrogens is 178 g/mol. The summed E-state index contributed by atoms with van der Waals surface area (Å²) in [5.74, 6) is 0. The lowest BCUT2D eigenvalue weighted by molar-refractivity contribution is 0.560. The van der Waals surface area contributed by atoms with E-state index in [1.807, 2.05) is 6.92 Å². The van der Waals surface area contributed by atoms with Gasteiger partial charge < -0.3 is 4.42 Å². The van der Waals surface area contributed by atoms with E-state index in [9.17, 15) is 4.79 Å². The highest BCUT2D eigenvalue weighted by Gasteiger charge is 2.02. The minimum absolute atomic E-state index is 0.356. The molecule has 1 aromatic heterocycles. The molecule has 2 rings (SSSR count). The summed E-state index contributed by atoms with van der Waals surface area (Å²) < 4.78 is 4.98. The second kappa shape index (κ2) is 3.00. The highest BCUT2D eigenvalue weighted by molar-refractivity contribution is 5.83. The standard InChI is InChI=1S/C11H7NO2/c1-7-5-11(13)14-10-4-3-8(12-2)6-9(7)10/h3-6H,1H3. The second-order valence-corrected chi connectivity index (χ2v) is 3.04. The van der Waals surface area contributed by atoms with E-state index >= 15 is 0 Å². The van der Waals surface area contributed by atoms with Crippen LogP contribution in [0.1, 0.15) is 5.56 Å². The Balaban J connectivity index is 2.90. The SMILES string of the molecule is [C-]#[N+]c1ccc2oc(=O)cc(C)c2c1. The second-order valence-electron chi connectivity index (χ2n) is 3.04. The molecule has 0 saturated heterocycles. The zero-order chi connectivity index (χ0) is 10.1. The van der Waals surface area contributed by atoms with Crippen LogP contribution in [-0.4, -0.2) is 0 Å². The van der Waals surface area contributed by atoms with Crippen LogP contribution < -0.4 is 5.63 Å². The van der Waals surface area contributed by atoms with Gasteiger partial charge in [0.25, 0.3) is 0 Å². The zero-order valence-electron chi connectivity index (χ0n) is 7.57. The van der Waals surface area contributed by atoms with Crippen LogP contribution in [-0.2, 0) is 0 Å². The van der Waals surface area contributed by atoms with Crippen molar-refractivity contribution in [1.82, 2.24) is 0 Å². The first-order chi connectivity index (χ1) is 6.70. The molecule has 0 amide bonds. The van der Waals surface area contributed by atoms with Crippen LogP contribution in [0, 0.1) is 13.5 Å². The molecule has 0 aliphatic carbocycles. The first-order valence-corrected chi connectivity index (χ1v) is 4.12. The summed E-state index contributed by atoms with van der Waals surface area (Å²) in [6, 6.07) is 6.44. The van der Waals surface area contributed by atoms with E-state index in [2.05, 4.69) is 4.85 Å². The van der Waals surface area contributed by atoms with Gasteiger partial charge in [0.2, 0.25) is 0 Å². The third kappa shape index (κ3) is 1.27. The van der Waals surface area contributed by atoms with Gasteiger partial charge in [0.15, 0.2) is 5.69 Å². The molecule has 0 bridgehead atoms. The highest BCUT2D eigenvalue weighted by Crippen LogP contribution is 2.22. The molecule has 0 saturated carbocycles. The molecule has 68 valence electrons. The van der Waals surface area contributed by atoms with E-state index in [0.29, 0.717) is 11.3 Å². The Morgan fingerprint density at radius 1 is 1.36 bits per heavy atom. The Morgan fingerprint density at radius 3 is 2.86 bits per heavy atom. The van der Waals surface area contributed by atoms with Crippen molar-refractivity contribution in [2.24, 2.45) is 0 Å². The average Bonchev–Trinajstić information content (AvgIpc) is 2.17. The molecule has 0 unspecified atom stereocenters. The van der Waals surface area contributed by atoms with E-state index in [4.69, 9.17) is 11.0 Å². The summed E-state index contributed by atoms with van der Waals surface area (Å²) in [4.78, 5) is 14.3. The molecule has 0 atom stereocenters. The fourth-order valence-corrected chi connectivity index (χ4v) is 1.38. The predicted molar refractivity (Wildman–Crippen MR) is 53.5 cm³/mol. The van der Waals surface area contributed by atoms with Gasteiger partial charge in [-0.05, 0) is 24.6 Å². The third-order valence-corrected chi connectivity index (χ3v) is 2.06. The van der Waals surface area contributed by atoms with E-state index in [-0.39, 0.29) is 5.63 Å². The van der Waals surface area contributed by atoms with Crippen LogP contribution in [0.5, 0.6) is 0 Å². The van der Waals surface area contributed by atoms with Crippen LogP contribution >= 0.6 is 0 Å². The van der Waals surface area contributed by atoms with Crippen LogP contribution in [0.25, 0.3) is 15.8 Å². The fraction of sp³-hybridized carbons (Fsp3) is 0.0909. The van der Waals surface area contributed by atoms with E-state index < -0.39 is 0 Å². The normalized spacial score (nSPS) is 10.0. The van der Waals surface area contributed by atoms with Crippen molar-refractivity contribution in [3.63, 3.8) is 0 Å². The van der Waals surface area contributed by atoms with Crippen molar-refractivity contribution in [1.29, 1.82) is 0 Å². The van der Waals surface area contributed by atoms with Gasteiger partial charge in [-0.3, -0.25) is 0 Å². The highest BCUT2D eigenvalue weighted by atomic mass is 16.4. The maximum absolute atomic E-state index is 11.0. The summed E-state index contributed by atoms with van der Waals surface area (Å²) in [5.41, 5.74) is 1.56. The smallest absolute Gasteiger partial charge is 0.336 e. The number of fused-ring (bicyclic) bond motifs is 1. The van der Waals surface area contributed by atoms with Crippen molar-refractivity contribution < 1.29 is 4.42 Å². The van der Waals surface area contributed by atoms with Crippen molar-refractivity contribution in [3.8, 4) is 0 Å². The average molecular weight is 185 g/mol. The first kappa shape index (κ1) is 8.52. The fourth-order valence-electron chi connectivity index (χ4n) is 1.38. The van der Waals surface area contributed by atoms with Gasteiger partial charge in [-0.2, -0.15) is 0 Å². The van der Waals surface area contributed by atoms with Gasteiger partial charge in [-0.1, -0.05) is 6.07 Å². The maximum Gasteiger partial charge on any atom is 0.336 e. The quantitative estimate of drug-likeness (QED) is 0.467. The number of hydrogen-bond donors (Lipinski definition) is 0. The van der Waals surface area contributed by atoms with Crippen molar-refractivity contribution >= 4 is 16.7 Å². The molecule has 3 heteroatoms. The number of nitrogens with zero attached hydrogens (tertiary/aromatic N) is 1. The van der Waals surface area contributed by atoms with Gasteiger partial charge in [-0.15, -0.1) is 0 Å². The number of hydrogen-bond acceptors (Lipinski definition) is 2. The number of benzene rings is 1. The lowest BCUT2D eigenvalue weighted by Crippen LogP contribution is -1.97. The van der Waals surface area contributed by atoms with Gasteiger partial charge in [0.1, 0.15) is 5.58 Å². The Morgan fingerprint density at radius 2 is 2.14 bits per heavy atom. The lowest BCUT2D eigenvalue weighted by atomic mass is 10.1. The molecular formula is C11H7NO2. The van der Waals surface area contributed by atoms with E-state index in [1.165, 1.54) is 6.07 Å². The summed E-state index contributed by atoms with van der Waals surface area (Å²) in [6.45, 7) is 8.69. The summed E-state index contributed by atoms with van der Waals surface area (Å²) in [6.07, 6.45) is 0. The molecule has 3 nitrogen and oxygen atoms in total. The van der Waals surface area contributed by atoms with Gasteiger partial charge in [-0.25, -0.2) is 9.64 Å². The largest absolute Gasteiger partial charge is 0.423 e. The van der Waals surface area contributed by atoms with Gasteiger partial charge >= 0.3 is 5.63 Å². The summed E-state index contributed by atoms with van der Waals surface area (Å²) >= 11 is 0. The third-order valence-electron chi connectivity index (χ3n) is 2.06. The molecule has 0 N–H and O–H groups in total. The molecule has 0 aliphatic rings. The van der Waals surface area contributed by atoms with Crippen molar-refractivity contribution in [3.05, 3.63) is 51.7 Å². The van der Waals surface area contributed by atoms with Gasteiger partial charge in [0.05, 0.1) is 6.57 Å². The number of rotatable bonds is 0. The Kier molecular flexibility index (Phi) is 1.83. The van der Waals surface area contributed by atoms with E-state index in [1.54, 1.807) is 18.2 Å². The van der Waals surface area contributed by atoms with Crippen LogP contribution in [0.4, 0.5) is 5.69 Å². The molecule has 0 radical (unpaired) electrons. The van der Waals surface area contributed by atoms with Gasteiger partial charge in [0, 0.05) is 11.5 Å². The molecule has 2 aromatic rings. The molecule has 1 heterocycles. The Bertz CT molecular complexity index is 590. The topological polar surface area (TPSA) is 34.6 Å². The first-order valence-electron chi connectivity index (χ1n) is 4.12. The molecule has 0 spiro atoms. The van der Waals surface area contributed by atoms with E-state index in [0.717, 1.165) is 10.9 Å². The minimum atomic E-state index is -0.356. The number of aryl methyl sites for hydroxylation is 1. The Hall–Kier alpha value is -2.08. The lowest BCUT2D eigenvalue weighted by Gasteiger charge is -1.99. The van der Waals surface area contributed by atoms with Crippen LogP contribution in [0.15, 0.2) is 33.5 Å². The maximum atomic E-state index is 11.0. The van der Waals surface area contributed by atoms with Crippen LogP contribution in [0.3, 0.4) is 0 Å². The predicted octanol–water partition coefficient (Wildman–Crippen LogP) is 2.65. The summed E-state index contributed by atoms with van der Waals surface area (Å²) in [7, 11) is 0.